The molecule has 0 radical (unpaired) electrons. The van der Waals surface area contributed by atoms with Crippen LogP contribution in [0.25, 0.3) is 5.69 Å². The van der Waals surface area contributed by atoms with E-state index in [0.29, 0.717) is 0 Å². The quantitative estimate of drug-likeness (QED) is 0.744. The predicted molar refractivity (Wildman–Crippen MR) is 109 cm³/mol. The summed E-state index contributed by atoms with van der Waals surface area (Å²) in [5.74, 6) is -0.965. The summed E-state index contributed by atoms with van der Waals surface area (Å²) in [6.07, 6.45) is 4.01. The van der Waals surface area contributed by atoms with Crippen LogP contribution < -0.4 is 0 Å². The Kier molecular flexibility index (Phi) is 4.77. The average molecular weight is 375 g/mol. The van der Waals surface area contributed by atoms with Gasteiger partial charge in [0.25, 0.3) is 0 Å². The molecule has 5 heteroatoms. The van der Waals surface area contributed by atoms with Crippen LogP contribution in [0.15, 0.2) is 60.9 Å². The Labute approximate surface area is 165 Å². The molecular formula is C23H25N3O2. The molecule has 5 nitrogen and oxygen atoms in total. The van der Waals surface area contributed by atoms with Gasteiger partial charge in [0.2, 0.25) is 0 Å². The van der Waals surface area contributed by atoms with Gasteiger partial charge in [-0.25, -0.2) is 9.48 Å². The lowest BCUT2D eigenvalue weighted by Crippen LogP contribution is -2.32. The number of rotatable bonds is 4. The number of aromatic carboxylic acids is 1. The van der Waals surface area contributed by atoms with Crippen LogP contribution >= 0.6 is 0 Å². The van der Waals surface area contributed by atoms with Crippen LogP contribution in [-0.2, 0) is 19.5 Å². The van der Waals surface area contributed by atoms with Gasteiger partial charge in [-0.15, -0.1) is 0 Å². The maximum absolute atomic E-state index is 11.1. The summed E-state index contributed by atoms with van der Waals surface area (Å²) in [7, 11) is 0. The highest BCUT2D eigenvalue weighted by Gasteiger charge is 2.27. The van der Waals surface area contributed by atoms with E-state index in [0.717, 1.165) is 31.7 Å². The first-order chi connectivity index (χ1) is 13.4. The predicted octanol–water partition coefficient (Wildman–Crippen LogP) is 4.16. The minimum absolute atomic E-state index is 0.191. The second kappa shape index (κ2) is 7.24. The van der Waals surface area contributed by atoms with E-state index in [1.54, 1.807) is 10.9 Å². The van der Waals surface area contributed by atoms with Gasteiger partial charge in [0.15, 0.2) is 0 Å². The summed E-state index contributed by atoms with van der Waals surface area (Å²) < 4.78 is 1.62. The lowest BCUT2D eigenvalue weighted by Gasteiger charge is -2.29. The van der Waals surface area contributed by atoms with Gasteiger partial charge >= 0.3 is 5.97 Å². The fraction of sp³-hybridized carbons (Fsp3) is 0.304. The molecular weight excluding hydrogens is 350 g/mol. The second-order valence-corrected chi connectivity index (χ2v) is 8.40. The lowest BCUT2D eigenvalue weighted by molar-refractivity contribution is 0.0697. The van der Waals surface area contributed by atoms with Crippen LogP contribution in [0.3, 0.4) is 0 Å². The van der Waals surface area contributed by atoms with Crippen LogP contribution in [0, 0.1) is 5.41 Å². The van der Waals surface area contributed by atoms with Crippen molar-refractivity contribution in [3.63, 3.8) is 0 Å². The zero-order valence-corrected chi connectivity index (χ0v) is 16.3. The molecule has 1 aromatic heterocycles. The highest BCUT2D eigenvalue weighted by molar-refractivity contribution is 5.86. The van der Waals surface area contributed by atoms with E-state index in [1.165, 1.54) is 22.9 Å². The maximum atomic E-state index is 11.1. The molecule has 0 atom stereocenters. The van der Waals surface area contributed by atoms with E-state index >= 15 is 0 Å². The van der Waals surface area contributed by atoms with Crippen molar-refractivity contribution in [2.75, 3.05) is 6.54 Å². The number of hydrogen-bond donors (Lipinski definition) is 1. The number of nitrogens with zero attached hydrogens (tertiary/aromatic N) is 3. The van der Waals surface area contributed by atoms with Crippen LogP contribution in [-0.4, -0.2) is 32.3 Å². The van der Waals surface area contributed by atoms with Crippen molar-refractivity contribution in [3.8, 4) is 5.69 Å². The first-order valence-electron chi connectivity index (χ1n) is 9.56. The Morgan fingerprint density at radius 1 is 1.14 bits per heavy atom. The lowest BCUT2D eigenvalue weighted by atomic mass is 9.85. The number of fused-ring (bicyclic) bond motifs is 1. The molecule has 4 rings (SSSR count). The molecule has 0 amide bonds. The van der Waals surface area contributed by atoms with E-state index < -0.39 is 5.97 Å². The Hall–Kier alpha value is -2.92. The van der Waals surface area contributed by atoms with Gasteiger partial charge in [-0.2, -0.15) is 5.10 Å². The molecule has 0 bridgehead atoms. The Morgan fingerprint density at radius 2 is 1.93 bits per heavy atom. The number of benzene rings is 2. The average Bonchev–Trinajstić information content (AvgIpc) is 3.09. The summed E-state index contributed by atoms with van der Waals surface area (Å²) in [6, 6.07) is 16.9. The summed E-state index contributed by atoms with van der Waals surface area (Å²) in [5.41, 5.74) is 5.32. The number of carboxylic acids is 1. The van der Waals surface area contributed by atoms with Gasteiger partial charge in [0.1, 0.15) is 0 Å². The van der Waals surface area contributed by atoms with E-state index in [4.69, 9.17) is 5.11 Å². The molecule has 0 unspecified atom stereocenters. The minimum atomic E-state index is -0.965. The van der Waals surface area contributed by atoms with Gasteiger partial charge in [-0.3, -0.25) is 4.90 Å². The Morgan fingerprint density at radius 3 is 2.68 bits per heavy atom. The van der Waals surface area contributed by atoms with Crippen LogP contribution in [0.2, 0.25) is 0 Å². The fourth-order valence-corrected chi connectivity index (χ4v) is 4.10. The third kappa shape index (κ3) is 3.99. The van der Waals surface area contributed by atoms with Crippen LogP contribution in [0.5, 0.6) is 0 Å². The normalized spacial score (nSPS) is 16.4. The van der Waals surface area contributed by atoms with Crippen molar-refractivity contribution >= 4 is 5.97 Å². The van der Waals surface area contributed by atoms with Crippen molar-refractivity contribution in [1.82, 2.24) is 14.7 Å². The molecule has 0 spiro atoms. The zero-order valence-electron chi connectivity index (χ0n) is 16.3. The highest BCUT2D eigenvalue weighted by atomic mass is 16.4. The van der Waals surface area contributed by atoms with Crippen molar-refractivity contribution in [2.45, 2.75) is 33.4 Å². The number of aromatic nitrogens is 2. The minimum Gasteiger partial charge on any atom is -0.478 e. The van der Waals surface area contributed by atoms with Crippen molar-refractivity contribution in [2.24, 2.45) is 5.41 Å². The molecule has 3 aromatic rings. The number of hydrogen-bond acceptors (Lipinski definition) is 3. The van der Waals surface area contributed by atoms with E-state index in [2.05, 4.69) is 60.2 Å². The topological polar surface area (TPSA) is 58.4 Å². The monoisotopic (exact) mass is 375 g/mol. The Balaban J connectivity index is 1.57. The van der Waals surface area contributed by atoms with Gasteiger partial charge in [0.05, 0.1) is 17.4 Å². The van der Waals surface area contributed by atoms with Gasteiger partial charge in [-0.1, -0.05) is 50.2 Å². The largest absolute Gasteiger partial charge is 0.478 e. The van der Waals surface area contributed by atoms with Gasteiger partial charge in [0, 0.05) is 25.8 Å². The summed E-state index contributed by atoms with van der Waals surface area (Å²) in [4.78, 5) is 13.6. The summed E-state index contributed by atoms with van der Waals surface area (Å²) >= 11 is 0. The Bertz CT molecular complexity index is 1010. The molecule has 0 fully saturated rings. The molecule has 144 valence electrons. The molecule has 0 aliphatic carbocycles. The molecule has 1 aliphatic rings. The zero-order chi connectivity index (χ0) is 19.7. The summed E-state index contributed by atoms with van der Waals surface area (Å²) in [6.45, 7) is 7.47. The standard InChI is InChI=1S/C23H25N3O2/c1-23(2)11-18-7-3-4-8-19(18)14-25(16-23)13-17-6-5-9-21(10-17)26-15-20(12-24-26)22(27)28/h3-10,12,15H,11,13-14,16H2,1-2H3,(H,27,28). The molecule has 2 heterocycles. The third-order valence-electron chi connectivity index (χ3n) is 5.24. The SMILES string of the molecule is CC1(C)Cc2ccccc2CN(Cc2cccc(-n3cc(C(=O)O)cn3)c2)C1. The number of carboxylic acid groups (broad SMARTS) is 1. The first-order valence-corrected chi connectivity index (χ1v) is 9.56. The molecule has 2 aromatic carbocycles. The van der Waals surface area contributed by atoms with Crippen LogP contribution in [0.1, 0.15) is 40.9 Å². The van der Waals surface area contributed by atoms with E-state index in [9.17, 15) is 4.79 Å². The second-order valence-electron chi connectivity index (χ2n) is 8.40. The van der Waals surface area contributed by atoms with E-state index in [1.807, 2.05) is 12.1 Å². The van der Waals surface area contributed by atoms with Crippen LogP contribution in [0.4, 0.5) is 0 Å². The van der Waals surface area contributed by atoms with Crippen molar-refractivity contribution < 1.29 is 9.90 Å². The van der Waals surface area contributed by atoms with Gasteiger partial charge in [-0.05, 0) is 40.7 Å². The van der Waals surface area contributed by atoms with Crippen molar-refractivity contribution in [1.29, 1.82) is 0 Å². The maximum Gasteiger partial charge on any atom is 0.338 e. The molecule has 1 N–H and O–H groups in total. The van der Waals surface area contributed by atoms with Crippen molar-refractivity contribution in [3.05, 3.63) is 83.2 Å². The summed E-state index contributed by atoms with van der Waals surface area (Å²) in [5, 5.41) is 13.3. The van der Waals surface area contributed by atoms with E-state index in [-0.39, 0.29) is 11.0 Å². The fourth-order valence-electron chi connectivity index (χ4n) is 4.10. The highest BCUT2D eigenvalue weighted by Crippen LogP contribution is 2.31. The number of carbonyl (C=O) groups is 1. The first kappa shape index (κ1) is 18.4. The molecule has 28 heavy (non-hydrogen) atoms. The molecule has 0 saturated carbocycles. The molecule has 1 aliphatic heterocycles. The smallest absolute Gasteiger partial charge is 0.338 e. The molecule has 0 saturated heterocycles. The van der Waals surface area contributed by atoms with Gasteiger partial charge < -0.3 is 5.11 Å². The third-order valence-corrected chi connectivity index (χ3v) is 5.24.